The lowest BCUT2D eigenvalue weighted by Crippen LogP contribution is -2.35. The fourth-order valence-electron chi connectivity index (χ4n) is 0.875. The summed E-state index contributed by atoms with van der Waals surface area (Å²) in [4.78, 5) is 9.93. The van der Waals surface area contributed by atoms with Gasteiger partial charge < -0.3 is 10.3 Å². The number of nitro groups is 1. The zero-order valence-corrected chi connectivity index (χ0v) is 7.99. The summed E-state index contributed by atoms with van der Waals surface area (Å²) in [6.07, 6.45) is 3.28. The summed E-state index contributed by atoms with van der Waals surface area (Å²) in [5, 5.41) is 16.1. The van der Waals surface area contributed by atoms with E-state index in [1.165, 1.54) is 6.21 Å². The maximum atomic E-state index is 9.93. The molecule has 1 rings (SSSR count). The maximum Gasteiger partial charge on any atom is 0.275 e. The van der Waals surface area contributed by atoms with Crippen molar-refractivity contribution in [1.29, 1.82) is 0 Å². The van der Waals surface area contributed by atoms with Crippen LogP contribution < -0.4 is 11.2 Å². The van der Waals surface area contributed by atoms with Crippen LogP contribution >= 0.6 is 0 Å². The predicted octanol–water partition coefficient (Wildman–Crippen LogP) is -0.545. The molecule has 0 saturated carbocycles. The minimum Gasteiger partial charge on any atom is -0.364 e. The molecule has 15 heavy (non-hydrogen) atoms. The average Bonchev–Trinajstić information content (AvgIpc) is 2.50. The first kappa shape index (κ1) is 10.7. The lowest BCUT2D eigenvalue weighted by molar-refractivity contribution is -0.525. The highest BCUT2D eigenvalue weighted by Gasteiger charge is 1.97. The maximum absolute atomic E-state index is 9.93. The van der Waals surface area contributed by atoms with Crippen LogP contribution in [0.2, 0.25) is 0 Å². The standard InChI is InChI=1S/C7H10N6O2/c1-12-4-2-3-6(12)5-9-10-7(8)11-13(14)15/h2-5H,1H3,(H3,8,10,11)/b9-5-. The molecule has 0 radical (unpaired) electrons. The highest BCUT2D eigenvalue weighted by atomic mass is 16.7. The number of nitrogens with zero attached hydrogens (tertiary/aromatic N) is 4. The van der Waals surface area contributed by atoms with Crippen LogP contribution in [0.4, 0.5) is 0 Å². The van der Waals surface area contributed by atoms with E-state index in [9.17, 15) is 10.1 Å². The van der Waals surface area contributed by atoms with Gasteiger partial charge in [0.1, 0.15) is 0 Å². The Bertz CT molecular complexity index is 407. The molecule has 0 aromatic carbocycles. The molecular weight excluding hydrogens is 200 g/mol. The van der Waals surface area contributed by atoms with Crippen LogP contribution in [-0.4, -0.2) is 21.8 Å². The molecular formula is C7H10N6O2. The molecule has 1 aromatic heterocycles. The molecule has 0 bridgehead atoms. The molecule has 0 aliphatic heterocycles. The zero-order valence-electron chi connectivity index (χ0n) is 7.99. The van der Waals surface area contributed by atoms with E-state index in [1.807, 2.05) is 29.9 Å². The SMILES string of the molecule is Cn1cccc1/C=N\N=C(/N)N[N+](=O)[O-]. The van der Waals surface area contributed by atoms with Gasteiger partial charge in [-0.15, -0.1) is 5.10 Å². The van der Waals surface area contributed by atoms with E-state index < -0.39 is 5.03 Å². The number of aromatic nitrogens is 1. The molecule has 8 heteroatoms. The molecule has 1 aromatic rings. The van der Waals surface area contributed by atoms with Crippen molar-refractivity contribution in [1.82, 2.24) is 9.99 Å². The van der Waals surface area contributed by atoms with Crippen molar-refractivity contribution < 1.29 is 5.03 Å². The van der Waals surface area contributed by atoms with Crippen LogP contribution in [0, 0.1) is 10.1 Å². The number of hydrogen-bond acceptors (Lipinski definition) is 4. The molecule has 80 valence electrons. The van der Waals surface area contributed by atoms with E-state index in [4.69, 9.17) is 5.73 Å². The fraction of sp³-hybridized carbons (Fsp3) is 0.143. The molecule has 0 aliphatic carbocycles. The van der Waals surface area contributed by atoms with Gasteiger partial charge in [0.25, 0.3) is 5.96 Å². The van der Waals surface area contributed by atoms with Gasteiger partial charge in [0.2, 0.25) is 0 Å². The van der Waals surface area contributed by atoms with E-state index >= 15 is 0 Å². The molecule has 8 nitrogen and oxygen atoms in total. The van der Waals surface area contributed by atoms with Gasteiger partial charge in [-0.25, -0.2) is 10.1 Å². The largest absolute Gasteiger partial charge is 0.364 e. The molecule has 0 unspecified atom stereocenters. The van der Waals surface area contributed by atoms with Gasteiger partial charge in [-0.3, -0.25) is 0 Å². The van der Waals surface area contributed by atoms with E-state index in [0.29, 0.717) is 0 Å². The van der Waals surface area contributed by atoms with Crippen molar-refractivity contribution in [2.75, 3.05) is 0 Å². The molecule has 0 spiro atoms. The Morgan fingerprint density at radius 2 is 2.53 bits per heavy atom. The summed E-state index contributed by atoms with van der Waals surface area (Å²) in [5.74, 6) is -0.370. The molecule has 0 atom stereocenters. The minimum atomic E-state index is -0.809. The monoisotopic (exact) mass is 210 g/mol. The molecule has 0 aliphatic rings. The van der Waals surface area contributed by atoms with Crippen LogP contribution in [-0.2, 0) is 7.05 Å². The summed E-state index contributed by atoms with van der Waals surface area (Å²) >= 11 is 0. The van der Waals surface area contributed by atoms with Crippen molar-refractivity contribution in [2.24, 2.45) is 23.0 Å². The molecule has 1 heterocycles. The minimum absolute atomic E-state index is 0.370. The lowest BCUT2D eigenvalue weighted by atomic mass is 10.5. The second-order valence-electron chi connectivity index (χ2n) is 2.64. The normalized spacial score (nSPS) is 11.9. The quantitative estimate of drug-likeness (QED) is 0.302. The van der Waals surface area contributed by atoms with Gasteiger partial charge in [-0.1, -0.05) is 5.43 Å². The fourth-order valence-corrected chi connectivity index (χ4v) is 0.875. The Labute approximate surface area is 85.2 Å². The first-order chi connectivity index (χ1) is 7.09. The van der Waals surface area contributed by atoms with Crippen molar-refractivity contribution >= 4 is 12.2 Å². The van der Waals surface area contributed by atoms with Crippen LogP contribution in [0.3, 0.4) is 0 Å². The van der Waals surface area contributed by atoms with E-state index in [-0.39, 0.29) is 5.96 Å². The topological polar surface area (TPSA) is 111 Å². The predicted molar refractivity (Wildman–Crippen MR) is 54.8 cm³/mol. The van der Waals surface area contributed by atoms with E-state index in [1.54, 1.807) is 5.43 Å². The van der Waals surface area contributed by atoms with Gasteiger partial charge >= 0.3 is 0 Å². The van der Waals surface area contributed by atoms with Gasteiger partial charge in [0, 0.05) is 13.2 Å². The van der Waals surface area contributed by atoms with E-state index in [2.05, 4.69) is 10.2 Å². The number of hydrogen-bond donors (Lipinski definition) is 2. The van der Waals surface area contributed by atoms with Gasteiger partial charge in [-0.2, -0.15) is 5.10 Å². The second kappa shape index (κ2) is 4.74. The number of guanidine groups is 1. The van der Waals surface area contributed by atoms with Crippen molar-refractivity contribution in [3.8, 4) is 0 Å². The highest BCUT2D eigenvalue weighted by Crippen LogP contribution is 1.94. The number of rotatable bonds is 3. The van der Waals surface area contributed by atoms with Crippen LogP contribution in [0.5, 0.6) is 0 Å². The Hall–Kier alpha value is -2.38. The third kappa shape index (κ3) is 3.46. The smallest absolute Gasteiger partial charge is 0.275 e. The Morgan fingerprint density at radius 1 is 1.80 bits per heavy atom. The summed E-state index contributed by atoms with van der Waals surface area (Å²) in [6.45, 7) is 0. The molecule has 0 amide bonds. The van der Waals surface area contributed by atoms with Crippen LogP contribution in [0.15, 0.2) is 28.5 Å². The Kier molecular flexibility index (Phi) is 3.38. The number of aryl methyl sites for hydroxylation is 1. The number of nitrogens with one attached hydrogen (secondary N) is 1. The summed E-state index contributed by atoms with van der Waals surface area (Å²) in [5.41, 5.74) is 7.61. The van der Waals surface area contributed by atoms with Gasteiger partial charge in [0.05, 0.1) is 11.9 Å². The third-order valence-electron chi connectivity index (χ3n) is 1.55. The van der Waals surface area contributed by atoms with E-state index in [0.717, 1.165) is 5.69 Å². The highest BCUT2D eigenvalue weighted by molar-refractivity contribution is 5.80. The zero-order chi connectivity index (χ0) is 11.3. The van der Waals surface area contributed by atoms with Crippen LogP contribution in [0.25, 0.3) is 0 Å². The molecule has 0 fully saturated rings. The van der Waals surface area contributed by atoms with Gasteiger partial charge in [0.15, 0.2) is 5.03 Å². The summed E-state index contributed by atoms with van der Waals surface area (Å²) < 4.78 is 1.82. The average molecular weight is 210 g/mol. The Morgan fingerprint density at radius 3 is 3.07 bits per heavy atom. The first-order valence-electron chi connectivity index (χ1n) is 3.98. The number of hydrazine groups is 1. The Balaban J connectivity index is 2.59. The van der Waals surface area contributed by atoms with Gasteiger partial charge in [-0.05, 0) is 12.1 Å². The third-order valence-corrected chi connectivity index (χ3v) is 1.55. The van der Waals surface area contributed by atoms with Crippen molar-refractivity contribution in [2.45, 2.75) is 0 Å². The second-order valence-corrected chi connectivity index (χ2v) is 2.64. The lowest BCUT2D eigenvalue weighted by Gasteiger charge is -1.93. The first-order valence-corrected chi connectivity index (χ1v) is 3.98. The molecule has 0 saturated heterocycles. The van der Waals surface area contributed by atoms with Crippen molar-refractivity contribution in [3.63, 3.8) is 0 Å². The molecule has 3 N–H and O–H groups in total. The summed E-state index contributed by atoms with van der Waals surface area (Å²) in [6, 6.07) is 3.65. The van der Waals surface area contributed by atoms with Crippen LogP contribution in [0.1, 0.15) is 5.69 Å². The number of nitrogens with two attached hydrogens (primary N) is 1. The summed E-state index contributed by atoms with van der Waals surface area (Å²) in [7, 11) is 1.84. The van der Waals surface area contributed by atoms with Crippen molar-refractivity contribution in [3.05, 3.63) is 34.1 Å².